The van der Waals surface area contributed by atoms with Gasteiger partial charge in [-0.05, 0) is 61.2 Å². The van der Waals surface area contributed by atoms with Gasteiger partial charge in [-0.1, -0.05) is 44.7 Å². The number of carbonyl (C=O) groups excluding carboxylic acids is 2. The molecule has 30 heavy (non-hydrogen) atoms. The number of hydrogen-bond acceptors (Lipinski definition) is 6. The summed E-state index contributed by atoms with van der Waals surface area (Å²) in [5.41, 5.74) is 3.36. The number of aromatic nitrogens is 2. The van der Waals surface area contributed by atoms with Gasteiger partial charge in [0.1, 0.15) is 0 Å². The van der Waals surface area contributed by atoms with Gasteiger partial charge in [0.25, 0.3) is 5.22 Å². The SMILES string of the molecule is CC(=O)c1ccc(NC(=O)[C@H](C)Sc2nnc(-c3ccc(C(C)(C)C)cc3)o2)cc1. The lowest BCUT2D eigenvalue weighted by Crippen LogP contribution is -2.22. The Hall–Kier alpha value is -2.93. The summed E-state index contributed by atoms with van der Waals surface area (Å²) in [6.07, 6.45) is 0. The van der Waals surface area contributed by atoms with Crippen molar-refractivity contribution in [3.05, 3.63) is 59.7 Å². The van der Waals surface area contributed by atoms with Crippen molar-refractivity contribution in [1.29, 1.82) is 0 Å². The highest BCUT2D eigenvalue weighted by Gasteiger charge is 2.19. The molecule has 0 aliphatic carbocycles. The van der Waals surface area contributed by atoms with Crippen LogP contribution in [0.4, 0.5) is 5.69 Å². The number of nitrogens with zero attached hydrogens (tertiary/aromatic N) is 2. The van der Waals surface area contributed by atoms with Crippen LogP contribution in [0.25, 0.3) is 11.5 Å². The van der Waals surface area contributed by atoms with Crippen molar-refractivity contribution in [3.8, 4) is 11.5 Å². The lowest BCUT2D eigenvalue weighted by molar-refractivity contribution is -0.115. The van der Waals surface area contributed by atoms with Crippen LogP contribution in [0, 0.1) is 0 Å². The third-order valence-corrected chi connectivity index (χ3v) is 5.54. The summed E-state index contributed by atoms with van der Waals surface area (Å²) in [4.78, 5) is 23.8. The molecule has 3 rings (SSSR count). The van der Waals surface area contributed by atoms with Gasteiger partial charge in [0.15, 0.2) is 5.78 Å². The Morgan fingerprint density at radius 3 is 2.20 bits per heavy atom. The van der Waals surface area contributed by atoms with E-state index < -0.39 is 5.25 Å². The molecule has 0 radical (unpaired) electrons. The van der Waals surface area contributed by atoms with Crippen molar-refractivity contribution >= 4 is 29.1 Å². The summed E-state index contributed by atoms with van der Waals surface area (Å²) in [6.45, 7) is 9.75. The molecule has 0 spiro atoms. The highest BCUT2D eigenvalue weighted by Crippen LogP contribution is 2.29. The van der Waals surface area contributed by atoms with Gasteiger partial charge in [-0.25, -0.2) is 0 Å². The third kappa shape index (κ3) is 5.36. The number of benzene rings is 2. The van der Waals surface area contributed by atoms with Crippen molar-refractivity contribution in [2.45, 2.75) is 50.5 Å². The Balaban J connectivity index is 1.62. The van der Waals surface area contributed by atoms with Crippen LogP contribution in [0.1, 0.15) is 50.5 Å². The van der Waals surface area contributed by atoms with Gasteiger partial charge in [0.2, 0.25) is 11.8 Å². The normalized spacial score (nSPS) is 12.4. The predicted octanol–water partition coefficient (Wildman–Crippen LogP) is 5.36. The first-order valence-corrected chi connectivity index (χ1v) is 10.5. The second kappa shape index (κ2) is 8.83. The van der Waals surface area contributed by atoms with E-state index in [2.05, 4.69) is 48.4 Å². The molecule has 0 saturated heterocycles. The minimum atomic E-state index is -0.436. The molecule has 6 nitrogen and oxygen atoms in total. The molecular formula is C23H25N3O3S. The van der Waals surface area contributed by atoms with Crippen molar-refractivity contribution in [3.63, 3.8) is 0 Å². The Morgan fingerprint density at radius 2 is 1.63 bits per heavy atom. The van der Waals surface area contributed by atoms with Crippen molar-refractivity contribution in [1.82, 2.24) is 10.2 Å². The molecule has 2 aromatic carbocycles. The zero-order valence-corrected chi connectivity index (χ0v) is 18.5. The first-order valence-electron chi connectivity index (χ1n) is 9.66. The number of nitrogens with one attached hydrogen (secondary N) is 1. The largest absolute Gasteiger partial charge is 0.411 e. The fourth-order valence-corrected chi connectivity index (χ4v) is 3.41. The molecule has 7 heteroatoms. The number of thioether (sulfide) groups is 1. The molecule has 0 bridgehead atoms. The van der Waals surface area contributed by atoms with Gasteiger partial charge in [0, 0.05) is 16.8 Å². The van der Waals surface area contributed by atoms with Crippen LogP contribution in [0.15, 0.2) is 58.2 Å². The number of amides is 1. The molecule has 0 aliphatic rings. The summed E-state index contributed by atoms with van der Waals surface area (Å²) in [5, 5.41) is 10.9. The highest BCUT2D eigenvalue weighted by atomic mass is 32.2. The molecule has 3 aromatic rings. The van der Waals surface area contributed by atoms with E-state index >= 15 is 0 Å². The quantitative estimate of drug-likeness (QED) is 0.425. The summed E-state index contributed by atoms with van der Waals surface area (Å²) in [7, 11) is 0. The second-order valence-electron chi connectivity index (χ2n) is 8.08. The van der Waals surface area contributed by atoms with Crippen molar-refractivity contribution in [2.24, 2.45) is 0 Å². The molecule has 1 N–H and O–H groups in total. The van der Waals surface area contributed by atoms with Gasteiger partial charge >= 0.3 is 0 Å². The first kappa shape index (κ1) is 21.8. The molecule has 156 valence electrons. The van der Waals surface area contributed by atoms with E-state index in [1.807, 2.05) is 12.1 Å². The molecule has 1 amide bonds. The van der Waals surface area contributed by atoms with Gasteiger partial charge in [-0.2, -0.15) is 0 Å². The number of rotatable bonds is 6. The Bertz CT molecular complexity index is 1030. The average Bonchev–Trinajstić information content (AvgIpc) is 3.16. The highest BCUT2D eigenvalue weighted by molar-refractivity contribution is 8.00. The molecule has 1 aromatic heterocycles. The fourth-order valence-electron chi connectivity index (χ4n) is 2.72. The minimum absolute atomic E-state index is 0.0166. The van der Waals surface area contributed by atoms with Crippen LogP contribution in [-0.4, -0.2) is 27.1 Å². The van der Waals surface area contributed by atoms with Gasteiger partial charge in [-0.3, -0.25) is 9.59 Å². The van der Waals surface area contributed by atoms with E-state index in [4.69, 9.17) is 4.42 Å². The summed E-state index contributed by atoms with van der Waals surface area (Å²) >= 11 is 1.20. The fraction of sp³-hybridized carbons (Fsp3) is 0.304. The zero-order valence-electron chi connectivity index (χ0n) is 17.7. The lowest BCUT2D eigenvalue weighted by atomic mass is 9.87. The van der Waals surface area contributed by atoms with E-state index in [-0.39, 0.29) is 17.1 Å². The molecular weight excluding hydrogens is 398 g/mol. The van der Waals surface area contributed by atoms with E-state index in [1.165, 1.54) is 24.2 Å². The number of ketones is 1. The van der Waals surface area contributed by atoms with Crippen molar-refractivity contribution in [2.75, 3.05) is 5.32 Å². The van der Waals surface area contributed by atoms with Crippen LogP contribution < -0.4 is 5.32 Å². The van der Waals surface area contributed by atoms with Crippen LogP contribution >= 0.6 is 11.8 Å². The average molecular weight is 424 g/mol. The van der Waals surface area contributed by atoms with E-state index in [9.17, 15) is 9.59 Å². The maximum Gasteiger partial charge on any atom is 0.277 e. The molecule has 0 aliphatic heterocycles. The van der Waals surface area contributed by atoms with Gasteiger partial charge in [0.05, 0.1) is 5.25 Å². The smallest absolute Gasteiger partial charge is 0.277 e. The molecule has 0 fully saturated rings. The Kier molecular flexibility index (Phi) is 6.41. The van der Waals surface area contributed by atoms with Crippen LogP contribution in [0.3, 0.4) is 0 Å². The first-order chi connectivity index (χ1) is 14.1. The topological polar surface area (TPSA) is 85.1 Å². The van der Waals surface area contributed by atoms with E-state index in [1.54, 1.807) is 31.2 Å². The molecule has 1 atom stereocenters. The van der Waals surface area contributed by atoms with Gasteiger partial charge < -0.3 is 9.73 Å². The Labute approximate surface area is 180 Å². The second-order valence-corrected chi connectivity index (χ2v) is 9.38. The minimum Gasteiger partial charge on any atom is -0.411 e. The standard InChI is InChI=1S/C23H25N3O3S/c1-14(27)16-8-12-19(13-9-16)24-20(28)15(2)30-22-26-25-21(29-22)17-6-10-18(11-7-17)23(3,4)5/h6-13,15H,1-5H3,(H,24,28)/t15-/m0/s1. The summed E-state index contributed by atoms with van der Waals surface area (Å²) < 4.78 is 5.73. The number of carbonyl (C=O) groups is 2. The summed E-state index contributed by atoms with van der Waals surface area (Å²) in [6, 6.07) is 14.8. The number of anilines is 1. The zero-order chi connectivity index (χ0) is 21.9. The summed E-state index contributed by atoms with van der Waals surface area (Å²) in [5.74, 6) is 0.215. The molecule has 0 saturated carbocycles. The molecule has 0 unspecified atom stereocenters. The number of hydrogen-bond donors (Lipinski definition) is 1. The van der Waals surface area contributed by atoms with E-state index in [0.29, 0.717) is 22.4 Å². The van der Waals surface area contributed by atoms with Crippen LogP contribution in [0.2, 0.25) is 0 Å². The predicted molar refractivity (Wildman–Crippen MR) is 119 cm³/mol. The Morgan fingerprint density at radius 1 is 1.00 bits per heavy atom. The van der Waals surface area contributed by atoms with Crippen LogP contribution in [0.5, 0.6) is 0 Å². The maximum atomic E-state index is 12.5. The van der Waals surface area contributed by atoms with Gasteiger partial charge in [-0.15, -0.1) is 10.2 Å². The monoisotopic (exact) mass is 423 g/mol. The third-order valence-electron chi connectivity index (χ3n) is 4.61. The van der Waals surface area contributed by atoms with Crippen molar-refractivity contribution < 1.29 is 14.0 Å². The molecule has 1 heterocycles. The van der Waals surface area contributed by atoms with Crippen LogP contribution in [-0.2, 0) is 10.2 Å². The lowest BCUT2D eigenvalue weighted by Gasteiger charge is -2.18. The van der Waals surface area contributed by atoms with E-state index in [0.717, 1.165) is 5.56 Å². The number of Topliss-reactive ketones (excluding diaryl/α,β-unsaturated/α-hetero) is 1. The maximum absolute atomic E-state index is 12.5.